The topological polar surface area (TPSA) is 154 Å². The maximum absolute atomic E-state index is 15.2. The van der Waals surface area contributed by atoms with Crippen molar-refractivity contribution in [1.82, 2.24) is 9.88 Å². The van der Waals surface area contributed by atoms with Crippen LogP contribution in [0.3, 0.4) is 0 Å². The lowest BCUT2D eigenvalue weighted by molar-refractivity contribution is -0.894. The summed E-state index contributed by atoms with van der Waals surface area (Å²) in [6, 6.07) is 10.6. The average Bonchev–Trinajstić information content (AvgIpc) is 3.86. The van der Waals surface area contributed by atoms with Crippen molar-refractivity contribution in [2.45, 2.75) is 87.6 Å². The molecule has 1 aliphatic carbocycles. The van der Waals surface area contributed by atoms with Crippen molar-refractivity contribution in [2.75, 3.05) is 59.5 Å². The van der Waals surface area contributed by atoms with E-state index in [-0.39, 0.29) is 24.9 Å². The molecule has 2 bridgehead atoms. The molecular formula is C45H54N4O9. The number of anilines is 1. The SMILES string of the molecule is CCC1=C[C@@H]2C[C@](C(=O)OC)(c3cc4c(cc3OC)N(C)[C@H]3[C@@](O)(C(=O)OC)[C@H](OC(C)=O)[C@]5(CC)C=CCN6CC[C@]43[C@@H]65)c3[nH]c4ccccc4c3C[N@+]([O-])(C1)C2. The number of benzene rings is 2. The van der Waals surface area contributed by atoms with Gasteiger partial charge in [-0.25, -0.2) is 4.79 Å². The number of hydrogen-bond donors (Lipinski definition) is 2. The highest BCUT2D eigenvalue weighted by atomic mass is 16.6. The number of aromatic nitrogens is 1. The van der Waals surface area contributed by atoms with Crippen LogP contribution in [0.4, 0.5) is 5.69 Å². The zero-order valence-corrected chi connectivity index (χ0v) is 34.4. The molecule has 0 amide bonds. The van der Waals surface area contributed by atoms with Crippen LogP contribution in [0.15, 0.2) is 60.2 Å². The van der Waals surface area contributed by atoms with Crippen molar-refractivity contribution >= 4 is 34.5 Å². The lowest BCUT2D eigenvalue weighted by atomic mass is 9.47. The van der Waals surface area contributed by atoms with E-state index in [1.54, 1.807) is 7.11 Å². The van der Waals surface area contributed by atoms with Gasteiger partial charge in [0.15, 0.2) is 6.10 Å². The molecule has 1 spiro atoms. The predicted molar refractivity (Wildman–Crippen MR) is 216 cm³/mol. The second kappa shape index (κ2) is 13.2. The molecule has 58 heavy (non-hydrogen) atoms. The Kier molecular flexibility index (Phi) is 8.80. The van der Waals surface area contributed by atoms with E-state index in [0.717, 1.165) is 39.7 Å². The third-order valence-corrected chi connectivity index (χ3v) is 15.0. The quantitative estimate of drug-likeness (QED) is 0.112. The number of nitrogens with zero attached hydrogens (tertiary/aromatic N) is 3. The van der Waals surface area contributed by atoms with Crippen LogP contribution >= 0.6 is 0 Å². The van der Waals surface area contributed by atoms with Gasteiger partial charge in [0, 0.05) is 82.8 Å². The number of likely N-dealkylation sites (N-methyl/N-ethyl adjacent to an activating group) is 1. The van der Waals surface area contributed by atoms with Crippen LogP contribution in [0.5, 0.6) is 5.75 Å². The molecule has 13 heteroatoms. The van der Waals surface area contributed by atoms with Gasteiger partial charge in [0.05, 0.1) is 33.9 Å². The molecule has 0 unspecified atom stereocenters. The third kappa shape index (κ3) is 4.81. The largest absolute Gasteiger partial charge is 0.632 e. The standard InChI is InChI=1S/C45H54N4O9/c1-8-27-19-28-22-44(40(51)56-6,36-30(25-49(54,23-27)24-28)29-13-10-11-14-33(29)46-36)32-20-31-34(21-35(32)55-5)47(4)38-43(31)16-18-48-17-12-15-42(9-2,37(43)48)39(58-26(3)50)45(38,53)41(52)57-7/h10-15,19-21,28,37-39,46,53H,8-9,16-18,22-25H2,1-7H3/t28-,37+,38-,39-,42-,43-,44+,45+,49+/m1/s1. The first-order chi connectivity index (χ1) is 27.7. The molecule has 9 rings (SSSR count). The Hall–Kier alpha value is -4.69. The number of rotatable bonds is 7. The van der Waals surface area contributed by atoms with Crippen molar-refractivity contribution in [3.63, 3.8) is 0 Å². The van der Waals surface area contributed by atoms with Gasteiger partial charge in [-0.15, -0.1) is 0 Å². The molecule has 3 aromatic rings. The number of ether oxygens (including phenoxy) is 4. The fourth-order valence-electron chi connectivity index (χ4n) is 13.1. The number of H-pyrrole nitrogens is 1. The van der Waals surface area contributed by atoms with Gasteiger partial charge in [-0.2, -0.15) is 0 Å². The van der Waals surface area contributed by atoms with Crippen molar-refractivity contribution in [1.29, 1.82) is 0 Å². The molecule has 0 radical (unpaired) electrons. The van der Waals surface area contributed by atoms with Crippen LogP contribution in [0.25, 0.3) is 10.9 Å². The number of hydroxylamine groups is 3. The summed E-state index contributed by atoms with van der Waals surface area (Å²) < 4.78 is 23.4. The van der Waals surface area contributed by atoms with Gasteiger partial charge in [-0.05, 0) is 55.5 Å². The molecule has 6 aliphatic rings. The fraction of sp³-hybridized carbons (Fsp3) is 0.533. The molecular weight excluding hydrogens is 741 g/mol. The first-order valence-electron chi connectivity index (χ1n) is 20.5. The molecule has 13 nitrogen and oxygen atoms in total. The van der Waals surface area contributed by atoms with E-state index in [9.17, 15) is 19.9 Å². The summed E-state index contributed by atoms with van der Waals surface area (Å²) in [4.78, 5) is 50.5. The summed E-state index contributed by atoms with van der Waals surface area (Å²) in [7, 11) is 6.08. The van der Waals surface area contributed by atoms with Gasteiger partial charge in [0.2, 0.25) is 5.60 Å². The molecule has 6 heterocycles. The van der Waals surface area contributed by atoms with Gasteiger partial charge in [-0.3, -0.25) is 14.5 Å². The van der Waals surface area contributed by atoms with E-state index < -0.39 is 56.5 Å². The van der Waals surface area contributed by atoms with E-state index >= 15 is 4.79 Å². The van der Waals surface area contributed by atoms with Crippen LogP contribution in [-0.4, -0.2) is 116 Å². The highest BCUT2D eigenvalue weighted by molar-refractivity contribution is 5.95. The molecule has 1 saturated heterocycles. The minimum atomic E-state index is -2.31. The predicted octanol–water partition coefficient (Wildman–Crippen LogP) is 4.77. The summed E-state index contributed by atoms with van der Waals surface area (Å²) in [5, 5.41) is 29.0. The highest BCUT2D eigenvalue weighted by Gasteiger charge is 2.80. The zero-order chi connectivity index (χ0) is 41.2. The van der Waals surface area contributed by atoms with Crippen molar-refractivity contribution < 1.29 is 43.1 Å². The van der Waals surface area contributed by atoms with E-state index in [4.69, 9.17) is 18.9 Å². The van der Waals surface area contributed by atoms with Crippen LogP contribution < -0.4 is 9.64 Å². The monoisotopic (exact) mass is 794 g/mol. The van der Waals surface area contributed by atoms with Gasteiger partial charge in [0.25, 0.3) is 0 Å². The Labute approximate surface area is 338 Å². The van der Waals surface area contributed by atoms with E-state index in [1.165, 1.54) is 21.1 Å². The molecule has 308 valence electrons. The van der Waals surface area contributed by atoms with E-state index in [1.807, 2.05) is 61.4 Å². The van der Waals surface area contributed by atoms with E-state index in [2.05, 4.69) is 29.0 Å². The first kappa shape index (κ1) is 38.8. The van der Waals surface area contributed by atoms with Gasteiger partial charge in [-0.1, -0.05) is 50.3 Å². The number of quaternary nitrogens is 1. The Morgan fingerprint density at radius 2 is 1.79 bits per heavy atom. The number of aliphatic hydroxyl groups is 1. The fourth-order valence-corrected chi connectivity index (χ4v) is 13.1. The number of fused-ring (bicyclic) bond motifs is 6. The summed E-state index contributed by atoms with van der Waals surface area (Å²) in [5.41, 5.74) is -0.280. The molecule has 2 aromatic carbocycles. The number of carbonyl (C=O) groups is 3. The number of esters is 3. The minimum absolute atomic E-state index is 0.167. The molecule has 9 atom stereocenters. The van der Waals surface area contributed by atoms with Crippen LogP contribution in [0.2, 0.25) is 0 Å². The second-order valence-electron chi connectivity index (χ2n) is 17.6. The molecule has 1 aromatic heterocycles. The molecule has 2 fully saturated rings. The Bertz CT molecular complexity index is 2300. The van der Waals surface area contributed by atoms with Crippen LogP contribution in [0, 0.1) is 16.5 Å². The van der Waals surface area contributed by atoms with Gasteiger partial charge in [0.1, 0.15) is 24.3 Å². The van der Waals surface area contributed by atoms with Gasteiger partial charge < -0.3 is 43.8 Å². The summed E-state index contributed by atoms with van der Waals surface area (Å²) >= 11 is 0. The number of hydrogen-bond acceptors (Lipinski definition) is 11. The van der Waals surface area contributed by atoms with Crippen LogP contribution in [-0.2, 0) is 46.0 Å². The Morgan fingerprint density at radius 3 is 2.48 bits per heavy atom. The molecule has 2 N–H and O–H groups in total. The number of methoxy groups -OCH3 is 3. The van der Waals surface area contributed by atoms with E-state index in [0.29, 0.717) is 56.0 Å². The Balaban J connectivity index is 1.38. The average molecular weight is 795 g/mol. The number of aromatic amines is 1. The summed E-state index contributed by atoms with van der Waals surface area (Å²) in [5.74, 6) is -1.83. The smallest absolute Gasteiger partial charge is 0.344 e. The summed E-state index contributed by atoms with van der Waals surface area (Å²) in [6.07, 6.45) is 6.98. The van der Waals surface area contributed by atoms with Crippen molar-refractivity contribution in [3.8, 4) is 5.75 Å². The second-order valence-corrected chi connectivity index (χ2v) is 17.6. The summed E-state index contributed by atoms with van der Waals surface area (Å²) in [6.45, 7) is 7.51. The Morgan fingerprint density at radius 1 is 1.03 bits per heavy atom. The minimum Gasteiger partial charge on any atom is -0.632 e. The van der Waals surface area contributed by atoms with Crippen molar-refractivity contribution in [2.24, 2.45) is 11.3 Å². The lowest BCUT2D eigenvalue weighted by Gasteiger charge is -2.63. The maximum atomic E-state index is 15.2. The van der Waals surface area contributed by atoms with Crippen LogP contribution in [0.1, 0.15) is 68.8 Å². The number of nitrogens with one attached hydrogen (secondary N) is 1. The number of carbonyl (C=O) groups excluding carboxylic acids is 3. The maximum Gasteiger partial charge on any atom is 0.344 e. The highest BCUT2D eigenvalue weighted by Crippen LogP contribution is 2.68. The molecule has 5 aliphatic heterocycles. The zero-order valence-electron chi connectivity index (χ0n) is 34.4. The first-order valence-corrected chi connectivity index (χ1v) is 20.5. The molecule has 1 saturated carbocycles. The van der Waals surface area contributed by atoms with Gasteiger partial charge >= 0.3 is 17.9 Å². The third-order valence-electron chi connectivity index (χ3n) is 15.0. The number of para-hydroxylation sites is 1. The normalized spacial score (nSPS) is 35.8. The lowest BCUT2D eigenvalue weighted by Crippen LogP contribution is -2.81. The van der Waals surface area contributed by atoms with Crippen molar-refractivity contribution in [3.05, 3.63) is 87.8 Å².